The number of allylic oxidation sites excluding steroid dienone is 2. The fourth-order valence-electron chi connectivity index (χ4n) is 3.11. The van der Waals surface area contributed by atoms with E-state index in [0.717, 1.165) is 10.5 Å². The summed E-state index contributed by atoms with van der Waals surface area (Å²) < 4.78 is 0. The first-order chi connectivity index (χ1) is 10.4. The molecule has 5 nitrogen and oxygen atoms in total. The van der Waals surface area contributed by atoms with Crippen molar-refractivity contribution in [1.82, 2.24) is 0 Å². The van der Waals surface area contributed by atoms with Gasteiger partial charge in [0.1, 0.15) is 0 Å². The lowest BCUT2D eigenvalue weighted by Gasteiger charge is -2.18. The first-order valence-electron chi connectivity index (χ1n) is 6.96. The highest BCUT2D eigenvalue weighted by Gasteiger charge is 2.48. The molecule has 0 bridgehead atoms. The van der Waals surface area contributed by atoms with Crippen LogP contribution in [0.5, 0.6) is 0 Å². The number of carboxylic acid groups (broad SMARTS) is 1. The van der Waals surface area contributed by atoms with Gasteiger partial charge in [-0.05, 0) is 38.0 Å². The normalized spacial score (nSPS) is 24.3. The minimum atomic E-state index is -1.19. The van der Waals surface area contributed by atoms with Gasteiger partial charge in [0.2, 0.25) is 11.8 Å². The van der Waals surface area contributed by atoms with E-state index in [1.54, 1.807) is 0 Å². The van der Waals surface area contributed by atoms with Crippen molar-refractivity contribution >= 4 is 35.1 Å². The van der Waals surface area contributed by atoms with Crippen LogP contribution in [0.2, 0.25) is 5.02 Å². The SMILES string of the molecule is CC1=CC[C@@H]2C(=O)N(c3ccc(Cl)c(C(=O)O)c3)C(=O)[C@@H]2C1. The number of hydrogen-bond donors (Lipinski definition) is 1. The third-order valence-electron chi connectivity index (χ3n) is 4.26. The molecule has 2 aliphatic rings. The Labute approximate surface area is 132 Å². The van der Waals surface area contributed by atoms with E-state index in [-0.39, 0.29) is 39.9 Å². The molecule has 0 spiro atoms. The fourth-order valence-corrected chi connectivity index (χ4v) is 3.31. The van der Waals surface area contributed by atoms with Gasteiger partial charge >= 0.3 is 5.97 Å². The number of benzene rings is 1. The van der Waals surface area contributed by atoms with Crippen LogP contribution in [-0.4, -0.2) is 22.9 Å². The molecule has 1 aliphatic carbocycles. The van der Waals surface area contributed by atoms with Crippen LogP contribution < -0.4 is 4.90 Å². The number of carbonyl (C=O) groups excluding carboxylic acids is 2. The summed E-state index contributed by atoms with van der Waals surface area (Å²) in [4.78, 5) is 37.3. The number of aromatic carboxylic acids is 1. The van der Waals surface area contributed by atoms with Gasteiger partial charge in [0, 0.05) is 0 Å². The number of anilines is 1. The maximum atomic E-state index is 12.6. The van der Waals surface area contributed by atoms with E-state index in [9.17, 15) is 14.4 Å². The van der Waals surface area contributed by atoms with Gasteiger partial charge in [-0.3, -0.25) is 14.5 Å². The predicted octanol–water partition coefficient (Wildman–Crippen LogP) is 2.88. The fraction of sp³-hybridized carbons (Fsp3) is 0.312. The van der Waals surface area contributed by atoms with Gasteiger partial charge < -0.3 is 5.11 Å². The molecular weight excluding hydrogens is 306 g/mol. The Balaban J connectivity index is 2.00. The Morgan fingerprint density at radius 3 is 2.64 bits per heavy atom. The number of rotatable bonds is 2. The van der Waals surface area contributed by atoms with Gasteiger partial charge in [-0.1, -0.05) is 23.3 Å². The quantitative estimate of drug-likeness (QED) is 0.672. The minimum absolute atomic E-state index is 0.0743. The van der Waals surface area contributed by atoms with Gasteiger partial charge in [0.15, 0.2) is 0 Å². The molecule has 0 radical (unpaired) electrons. The first kappa shape index (κ1) is 14.8. The largest absolute Gasteiger partial charge is 0.478 e. The zero-order valence-corrected chi connectivity index (χ0v) is 12.6. The number of hydrogen-bond acceptors (Lipinski definition) is 3. The second-order valence-corrected chi connectivity index (χ2v) is 6.09. The zero-order valence-electron chi connectivity index (χ0n) is 11.9. The second-order valence-electron chi connectivity index (χ2n) is 5.68. The molecule has 1 heterocycles. The van der Waals surface area contributed by atoms with E-state index in [4.69, 9.17) is 16.7 Å². The van der Waals surface area contributed by atoms with Crippen LogP contribution in [0.3, 0.4) is 0 Å². The molecule has 22 heavy (non-hydrogen) atoms. The maximum Gasteiger partial charge on any atom is 0.337 e. The van der Waals surface area contributed by atoms with E-state index in [1.165, 1.54) is 18.2 Å². The number of fused-ring (bicyclic) bond motifs is 1. The molecule has 0 aromatic heterocycles. The lowest BCUT2D eigenvalue weighted by atomic mass is 9.82. The molecule has 0 unspecified atom stereocenters. The van der Waals surface area contributed by atoms with E-state index < -0.39 is 5.97 Å². The van der Waals surface area contributed by atoms with Crippen molar-refractivity contribution in [3.8, 4) is 0 Å². The summed E-state index contributed by atoms with van der Waals surface area (Å²) in [7, 11) is 0. The van der Waals surface area contributed by atoms with Crippen molar-refractivity contribution in [2.75, 3.05) is 4.90 Å². The molecule has 2 amide bonds. The average molecular weight is 320 g/mol. The van der Waals surface area contributed by atoms with Crippen molar-refractivity contribution in [3.05, 3.63) is 40.4 Å². The molecule has 6 heteroatoms. The minimum Gasteiger partial charge on any atom is -0.478 e. The third kappa shape index (κ3) is 2.22. The summed E-state index contributed by atoms with van der Waals surface area (Å²) >= 11 is 5.83. The number of carbonyl (C=O) groups is 3. The Bertz CT molecular complexity index is 725. The topological polar surface area (TPSA) is 74.7 Å². The Morgan fingerprint density at radius 2 is 1.95 bits per heavy atom. The summed E-state index contributed by atoms with van der Waals surface area (Å²) in [6.45, 7) is 1.95. The molecule has 3 rings (SSSR count). The Kier molecular flexibility index (Phi) is 3.53. The van der Waals surface area contributed by atoms with Gasteiger partial charge in [0.25, 0.3) is 0 Å². The van der Waals surface area contributed by atoms with Crippen LogP contribution in [0.4, 0.5) is 5.69 Å². The summed E-state index contributed by atoms with van der Waals surface area (Å²) in [6, 6.07) is 4.17. The van der Waals surface area contributed by atoms with Crippen molar-refractivity contribution in [2.45, 2.75) is 19.8 Å². The van der Waals surface area contributed by atoms with Crippen LogP contribution in [0.15, 0.2) is 29.8 Å². The van der Waals surface area contributed by atoms with Gasteiger partial charge in [-0.2, -0.15) is 0 Å². The highest BCUT2D eigenvalue weighted by molar-refractivity contribution is 6.34. The van der Waals surface area contributed by atoms with Crippen LogP contribution in [0.25, 0.3) is 0 Å². The van der Waals surface area contributed by atoms with Crippen LogP contribution in [-0.2, 0) is 9.59 Å². The third-order valence-corrected chi connectivity index (χ3v) is 4.59. The molecule has 2 atom stereocenters. The van der Waals surface area contributed by atoms with E-state index in [0.29, 0.717) is 12.8 Å². The molecule has 1 N–H and O–H groups in total. The number of carboxylic acids is 1. The predicted molar refractivity (Wildman–Crippen MR) is 80.9 cm³/mol. The van der Waals surface area contributed by atoms with E-state index in [1.807, 2.05) is 13.0 Å². The summed E-state index contributed by atoms with van der Waals surface area (Å²) in [5.41, 5.74) is 1.25. The number of imide groups is 1. The molecular formula is C16H14ClNO4. The van der Waals surface area contributed by atoms with Crippen molar-refractivity contribution in [1.29, 1.82) is 0 Å². The smallest absolute Gasteiger partial charge is 0.337 e. The lowest BCUT2D eigenvalue weighted by molar-refractivity contribution is -0.122. The summed E-state index contributed by atoms with van der Waals surface area (Å²) in [6.07, 6.45) is 3.11. The van der Waals surface area contributed by atoms with Crippen LogP contribution in [0.1, 0.15) is 30.1 Å². The van der Waals surface area contributed by atoms with E-state index in [2.05, 4.69) is 0 Å². The first-order valence-corrected chi connectivity index (χ1v) is 7.34. The summed E-state index contributed by atoms with van der Waals surface area (Å²) in [5, 5.41) is 9.20. The van der Waals surface area contributed by atoms with Crippen molar-refractivity contribution in [2.24, 2.45) is 11.8 Å². The van der Waals surface area contributed by atoms with Gasteiger partial charge in [0.05, 0.1) is 28.1 Å². The lowest BCUT2D eigenvalue weighted by Crippen LogP contribution is -2.31. The molecule has 1 aromatic rings. The molecule has 1 aromatic carbocycles. The molecule has 1 aliphatic heterocycles. The number of amides is 2. The number of halogens is 1. The maximum absolute atomic E-state index is 12.6. The molecule has 1 fully saturated rings. The molecule has 114 valence electrons. The molecule has 0 saturated carbocycles. The highest BCUT2D eigenvalue weighted by atomic mass is 35.5. The monoisotopic (exact) mass is 319 g/mol. The van der Waals surface area contributed by atoms with Crippen molar-refractivity contribution in [3.63, 3.8) is 0 Å². The standard InChI is InChI=1S/C16H14ClNO4/c1-8-2-4-10-11(6-8)15(20)18(14(10)19)9-3-5-13(17)12(7-9)16(21)22/h2-3,5,7,10-11H,4,6H2,1H3,(H,21,22)/t10-,11+/m0/s1. The van der Waals surface area contributed by atoms with Gasteiger partial charge in [-0.25, -0.2) is 4.79 Å². The Morgan fingerprint density at radius 1 is 1.27 bits per heavy atom. The Hall–Kier alpha value is -2.14. The van der Waals surface area contributed by atoms with E-state index >= 15 is 0 Å². The van der Waals surface area contributed by atoms with Crippen molar-refractivity contribution < 1.29 is 19.5 Å². The van der Waals surface area contributed by atoms with Crippen LogP contribution in [0, 0.1) is 11.8 Å². The second kappa shape index (κ2) is 5.25. The highest BCUT2D eigenvalue weighted by Crippen LogP contribution is 2.40. The number of nitrogens with zero attached hydrogens (tertiary/aromatic N) is 1. The summed E-state index contributed by atoms with van der Waals surface area (Å²) in [5.74, 6) is -2.42. The zero-order chi connectivity index (χ0) is 16.0. The average Bonchev–Trinajstić information content (AvgIpc) is 2.71. The van der Waals surface area contributed by atoms with Gasteiger partial charge in [-0.15, -0.1) is 0 Å². The van der Waals surface area contributed by atoms with Crippen LogP contribution >= 0.6 is 11.6 Å². The molecule has 1 saturated heterocycles.